The summed E-state index contributed by atoms with van der Waals surface area (Å²) in [5.74, 6) is 0.320. The van der Waals surface area contributed by atoms with Crippen LogP contribution in [0.4, 0.5) is 4.79 Å². The Morgan fingerprint density at radius 3 is 2.24 bits per heavy atom. The van der Waals surface area contributed by atoms with E-state index in [1.165, 1.54) is 0 Å². The molecule has 1 saturated carbocycles. The molecule has 25 heavy (non-hydrogen) atoms. The Morgan fingerprint density at radius 1 is 1.04 bits per heavy atom. The van der Waals surface area contributed by atoms with Crippen molar-refractivity contribution in [3.63, 3.8) is 0 Å². The Balaban J connectivity index is 1.50. The lowest BCUT2D eigenvalue weighted by atomic mass is 9.74. The van der Waals surface area contributed by atoms with Gasteiger partial charge in [0.25, 0.3) is 0 Å². The molecule has 4 unspecified atom stereocenters. The van der Waals surface area contributed by atoms with E-state index in [0.29, 0.717) is 18.8 Å². The van der Waals surface area contributed by atoms with Crippen molar-refractivity contribution in [3.05, 3.63) is 0 Å². The van der Waals surface area contributed by atoms with Crippen LogP contribution in [0.15, 0.2) is 0 Å². The van der Waals surface area contributed by atoms with E-state index in [9.17, 15) is 9.90 Å². The van der Waals surface area contributed by atoms with Crippen molar-refractivity contribution in [3.8, 4) is 0 Å². The van der Waals surface area contributed by atoms with Crippen LogP contribution < -0.4 is 11.1 Å². The van der Waals surface area contributed by atoms with Gasteiger partial charge >= 0.3 is 6.03 Å². The number of carbonyl (C=O) groups is 1. The van der Waals surface area contributed by atoms with Gasteiger partial charge in [0.05, 0.1) is 16.9 Å². The molecule has 2 heterocycles. The van der Waals surface area contributed by atoms with Gasteiger partial charge < -0.3 is 26.0 Å². The van der Waals surface area contributed by atoms with Crippen molar-refractivity contribution in [2.75, 3.05) is 39.3 Å². The summed E-state index contributed by atoms with van der Waals surface area (Å²) in [6.07, 6.45) is 2.47. The summed E-state index contributed by atoms with van der Waals surface area (Å²) in [4.78, 5) is 16.5. The van der Waals surface area contributed by atoms with Crippen molar-refractivity contribution < 1.29 is 9.90 Å². The standard InChI is InChI=1S/C17H30Cl2N4O2/c18-13-9-12(15(24)10-14(13)19)16(20)11-1-5-22(6-2-11)17(25)23-7-3-21-4-8-23/h11-16,21,24H,1-10,20H2/t12?,13?,14?,15?,16-/m1/s1. The number of likely N-dealkylation sites (tertiary alicyclic amines) is 1. The van der Waals surface area contributed by atoms with Crippen LogP contribution in [0.5, 0.6) is 0 Å². The van der Waals surface area contributed by atoms with E-state index in [0.717, 1.165) is 52.1 Å². The Hall–Kier alpha value is -0.270. The van der Waals surface area contributed by atoms with E-state index in [2.05, 4.69) is 5.32 Å². The number of amides is 2. The number of alkyl halides is 2. The van der Waals surface area contributed by atoms with E-state index in [-0.39, 0.29) is 28.7 Å². The molecule has 3 rings (SSSR count). The van der Waals surface area contributed by atoms with Gasteiger partial charge in [-0.2, -0.15) is 0 Å². The fourth-order valence-corrected chi connectivity index (χ4v) is 5.01. The number of halogens is 2. The van der Waals surface area contributed by atoms with E-state index in [1.807, 2.05) is 9.80 Å². The monoisotopic (exact) mass is 392 g/mol. The molecule has 3 aliphatic rings. The van der Waals surface area contributed by atoms with Gasteiger partial charge in [0.15, 0.2) is 0 Å². The summed E-state index contributed by atoms with van der Waals surface area (Å²) in [5.41, 5.74) is 6.50. The highest BCUT2D eigenvalue weighted by Crippen LogP contribution is 2.37. The van der Waals surface area contributed by atoms with Crippen LogP contribution in [0.1, 0.15) is 25.7 Å². The van der Waals surface area contributed by atoms with Crippen molar-refractivity contribution in [1.29, 1.82) is 0 Å². The second-order valence-electron chi connectivity index (χ2n) is 7.66. The van der Waals surface area contributed by atoms with Crippen LogP contribution in [0, 0.1) is 11.8 Å². The van der Waals surface area contributed by atoms with E-state index in [1.54, 1.807) is 0 Å². The number of aliphatic hydroxyl groups is 1. The molecule has 4 N–H and O–H groups in total. The number of hydrogen-bond acceptors (Lipinski definition) is 4. The minimum Gasteiger partial charge on any atom is -0.393 e. The highest BCUT2D eigenvalue weighted by atomic mass is 35.5. The molecule has 8 heteroatoms. The first-order valence-electron chi connectivity index (χ1n) is 9.43. The van der Waals surface area contributed by atoms with Crippen LogP contribution in [-0.2, 0) is 0 Å². The summed E-state index contributed by atoms with van der Waals surface area (Å²) in [6.45, 7) is 4.78. The summed E-state index contributed by atoms with van der Waals surface area (Å²) < 4.78 is 0. The first-order valence-corrected chi connectivity index (χ1v) is 10.3. The molecule has 2 amide bonds. The van der Waals surface area contributed by atoms with Gasteiger partial charge in [-0.05, 0) is 31.6 Å². The molecule has 1 aliphatic carbocycles. The summed E-state index contributed by atoms with van der Waals surface area (Å²) in [6, 6.07) is 0.0638. The minimum absolute atomic E-state index is 0.00193. The fraction of sp³-hybridized carbons (Fsp3) is 0.941. The predicted octanol–water partition coefficient (Wildman–Crippen LogP) is 1.04. The third-order valence-corrected chi connectivity index (χ3v) is 7.18. The van der Waals surface area contributed by atoms with E-state index in [4.69, 9.17) is 28.9 Å². The van der Waals surface area contributed by atoms with Crippen LogP contribution in [-0.4, -0.2) is 83.1 Å². The molecule has 3 fully saturated rings. The Kier molecular flexibility index (Phi) is 6.71. The highest BCUT2D eigenvalue weighted by Gasteiger charge is 2.41. The van der Waals surface area contributed by atoms with Crippen molar-refractivity contribution in [2.24, 2.45) is 17.6 Å². The van der Waals surface area contributed by atoms with Gasteiger partial charge in [-0.25, -0.2) is 4.79 Å². The van der Waals surface area contributed by atoms with E-state index >= 15 is 0 Å². The molecule has 0 spiro atoms. The topological polar surface area (TPSA) is 81.8 Å². The number of carbonyl (C=O) groups excluding carboxylic acids is 1. The lowest BCUT2D eigenvalue weighted by Gasteiger charge is -2.43. The third kappa shape index (κ3) is 4.53. The molecule has 144 valence electrons. The maximum Gasteiger partial charge on any atom is 0.320 e. The van der Waals surface area contributed by atoms with Gasteiger partial charge in [-0.15, -0.1) is 23.2 Å². The van der Waals surface area contributed by atoms with Crippen molar-refractivity contribution >= 4 is 29.2 Å². The smallest absolute Gasteiger partial charge is 0.320 e. The molecule has 0 bridgehead atoms. The maximum atomic E-state index is 12.6. The van der Waals surface area contributed by atoms with Gasteiger partial charge in [0.1, 0.15) is 0 Å². The zero-order valence-electron chi connectivity index (χ0n) is 14.6. The lowest BCUT2D eigenvalue weighted by molar-refractivity contribution is 0.0365. The van der Waals surface area contributed by atoms with Crippen LogP contribution in [0.3, 0.4) is 0 Å². The van der Waals surface area contributed by atoms with Crippen molar-refractivity contribution in [1.82, 2.24) is 15.1 Å². The first-order chi connectivity index (χ1) is 12.0. The third-order valence-electron chi connectivity index (χ3n) is 6.09. The SMILES string of the molecule is N[C@H](C1CCN(C(=O)N2CCNCC2)CC1)C1CC(Cl)C(Cl)CC1O. The van der Waals surface area contributed by atoms with Gasteiger partial charge in [-0.1, -0.05) is 0 Å². The van der Waals surface area contributed by atoms with Crippen molar-refractivity contribution in [2.45, 2.75) is 48.6 Å². The Bertz CT molecular complexity index is 456. The summed E-state index contributed by atoms with van der Waals surface area (Å²) >= 11 is 12.5. The molecule has 0 aromatic heterocycles. The van der Waals surface area contributed by atoms with Gasteiger partial charge in [-0.3, -0.25) is 0 Å². The van der Waals surface area contributed by atoms with Crippen LogP contribution in [0.2, 0.25) is 0 Å². The molecule has 2 aliphatic heterocycles. The quantitative estimate of drug-likeness (QED) is 0.613. The first kappa shape index (κ1) is 19.5. The van der Waals surface area contributed by atoms with E-state index < -0.39 is 6.10 Å². The van der Waals surface area contributed by atoms with Crippen LogP contribution >= 0.6 is 23.2 Å². The number of nitrogens with two attached hydrogens (primary N) is 1. The van der Waals surface area contributed by atoms with Gasteiger partial charge in [0, 0.05) is 51.2 Å². The zero-order chi connectivity index (χ0) is 18.0. The largest absolute Gasteiger partial charge is 0.393 e. The lowest BCUT2D eigenvalue weighted by Crippen LogP contribution is -2.55. The number of nitrogens with zero attached hydrogens (tertiary/aromatic N) is 2. The molecule has 0 radical (unpaired) electrons. The summed E-state index contributed by atoms with van der Waals surface area (Å²) in [7, 11) is 0. The molecule has 5 atom stereocenters. The number of rotatable bonds is 2. The maximum absolute atomic E-state index is 12.6. The number of aliphatic hydroxyl groups excluding tert-OH is 1. The van der Waals surface area contributed by atoms with Crippen LogP contribution in [0.25, 0.3) is 0 Å². The average Bonchev–Trinajstić information content (AvgIpc) is 2.64. The number of hydrogen-bond donors (Lipinski definition) is 3. The molecule has 2 saturated heterocycles. The second kappa shape index (κ2) is 8.61. The van der Waals surface area contributed by atoms with Gasteiger partial charge in [0.2, 0.25) is 0 Å². The zero-order valence-corrected chi connectivity index (χ0v) is 16.1. The fourth-order valence-electron chi connectivity index (χ4n) is 4.41. The molecule has 0 aromatic rings. The normalized spacial score (nSPS) is 36.3. The predicted molar refractivity (Wildman–Crippen MR) is 100 cm³/mol. The number of piperazine rings is 1. The average molecular weight is 393 g/mol. The Morgan fingerprint density at radius 2 is 1.60 bits per heavy atom. The Labute approximate surface area is 160 Å². The number of piperidine rings is 1. The number of urea groups is 1. The molecule has 6 nitrogen and oxygen atoms in total. The molecular weight excluding hydrogens is 363 g/mol. The second-order valence-corrected chi connectivity index (χ2v) is 8.78. The molecule has 0 aromatic carbocycles. The molecular formula is C17H30Cl2N4O2. The highest BCUT2D eigenvalue weighted by molar-refractivity contribution is 6.30. The minimum atomic E-state index is -0.479. The number of nitrogens with one attached hydrogen (secondary N) is 1. The summed E-state index contributed by atoms with van der Waals surface area (Å²) in [5, 5.41) is 13.3.